The summed E-state index contributed by atoms with van der Waals surface area (Å²) in [6.07, 6.45) is 0.936. The van der Waals surface area contributed by atoms with Gasteiger partial charge in [0, 0.05) is 10.6 Å². The van der Waals surface area contributed by atoms with Crippen LogP contribution in [0.3, 0.4) is 0 Å². The number of oxazole rings is 1. The van der Waals surface area contributed by atoms with Crippen molar-refractivity contribution in [3.8, 4) is 16.9 Å². The summed E-state index contributed by atoms with van der Waals surface area (Å²) in [5.41, 5.74) is -0.177. The Morgan fingerprint density at radius 3 is 2.32 bits per heavy atom. The van der Waals surface area contributed by atoms with Crippen molar-refractivity contribution in [1.29, 1.82) is 0 Å². The first-order valence-corrected chi connectivity index (χ1v) is 8.59. The summed E-state index contributed by atoms with van der Waals surface area (Å²) in [7, 11) is -4.44. The molecule has 0 saturated heterocycles. The van der Waals surface area contributed by atoms with E-state index in [9.17, 15) is 22.0 Å². The van der Waals surface area contributed by atoms with Gasteiger partial charge in [0.1, 0.15) is 22.8 Å². The summed E-state index contributed by atoms with van der Waals surface area (Å²) in [6, 6.07) is 7.04. The van der Waals surface area contributed by atoms with E-state index in [2.05, 4.69) is 0 Å². The standard InChI is InChI=1S/C15H9ClF2N2O4S/c16-8-1-3-9(4-2-8)20-13(7-24-15(20)21)10-5-12(18)14(6-11(10)17)25(19,22)23/h1-7H,(H2,19,22,23). The third-order valence-corrected chi connectivity index (χ3v) is 4.56. The van der Waals surface area contributed by atoms with Gasteiger partial charge in [-0.2, -0.15) is 0 Å². The molecule has 0 amide bonds. The highest BCUT2D eigenvalue weighted by Gasteiger charge is 2.22. The Morgan fingerprint density at radius 2 is 1.72 bits per heavy atom. The number of halogens is 3. The zero-order chi connectivity index (χ0) is 18.4. The van der Waals surface area contributed by atoms with Crippen LogP contribution in [-0.4, -0.2) is 13.0 Å². The van der Waals surface area contributed by atoms with Crippen LogP contribution in [0.5, 0.6) is 0 Å². The molecule has 0 fully saturated rings. The van der Waals surface area contributed by atoms with E-state index >= 15 is 0 Å². The van der Waals surface area contributed by atoms with Crippen LogP contribution in [0.1, 0.15) is 0 Å². The van der Waals surface area contributed by atoms with Gasteiger partial charge in [-0.1, -0.05) is 11.6 Å². The molecule has 0 aliphatic rings. The summed E-state index contributed by atoms with van der Waals surface area (Å²) in [4.78, 5) is 11.0. The molecule has 0 aliphatic carbocycles. The molecule has 0 aliphatic heterocycles. The lowest BCUT2D eigenvalue weighted by Gasteiger charge is -2.09. The largest absolute Gasteiger partial charge is 0.424 e. The molecule has 25 heavy (non-hydrogen) atoms. The SMILES string of the molecule is NS(=O)(=O)c1cc(F)c(-c2coc(=O)n2-c2ccc(Cl)cc2)cc1F. The van der Waals surface area contributed by atoms with Crippen molar-refractivity contribution in [2.75, 3.05) is 0 Å². The monoisotopic (exact) mass is 386 g/mol. The van der Waals surface area contributed by atoms with Gasteiger partial charge in [-0.3, -0.25) is 0 Å². The predicted octanol–water partition coefficient (Wildman–Crippen LogP) is 2.68. The van der Waals surface area contributed by atoms with E-state index in [0.29, 0.717) is 22.8 Å². The first-order valence-electron chi connectivity index (χ1n) is 6.67. The van der Waals surface area contributed by atoms with Crippen LogP contribution in [-0.2, 0) is 10.0 Å². The average molecular weight is 387 g/mol. The topological polar surface area (TPSA) is 95.3 Å². The predicted molar refractivity (Wildman–Crippen MR) is 86.0 cm³/mol. The molecule has 130 valence electrons. The van der Waals surface area contributed by atoms with Crippen molar-refractivity contribution in [1.82, 2.24) is 4.57 Å². The molecule has 0 spiro atoms. The van der Waals surface area contributed by atoms with Crippen LogP contribution in [0.2, 0.25) is 5.02 Å². The molecule has 0 bridgehead atoms. The van der Waals surface area contributed by atoms with Crippen molar-refractivity contribution in [2.45, 2.75) is 4.90 Å². The second kappa shape index (κ2) is 6.10. The maximum Gasteiger partial charge on any atom is 0.424 e. The maximum absolute atomic E-state index is 14.4. The van der Waals surface area contributed by atoms with E-state index in [1.165, 1.54) is 24.3 Å². The van der Waals surface area contributed by atoms with Crippen molar-refractivity contribution >= 4 is 21.6 Å². The van der Waals surface area contributed by atoms with Gasteiger partial charge in [-0.15, -0.1) is 0 Å². The Labute approximate surface area is 145 Å². The third-order valence-electron chi connectivity index (χ3n) is 3.38. The summed E-state index contributed by atoms with van der Waals surface area (Å²) in [6.45, 7) is 0. The number of nitrogens with zero attached hydrogens (tertiary/aromatic N) is 1. The Balaban J connectivity index is 2.24. The van der Waals surface area contributed by atoms with Crippen LogP contribution in [0, 0.1) is 11.6 Å². The highest BCUT2D eigenvalue weighted by Crippen LogP contribution is 2.28. The molecule has 0 saturated carbocycles. The molecule has 2 aromatic carbocycles. The lowest BCUT2D eigenvalue weighted by Crippen LogP contribution is -2.16. The molecule has 1 heterocycles. The Bertz CT molecular complexity index is 1120. The van der Waals surface area contributed by atoms with Crippen LogP contribution in [0.15, 0.2) is 56.8 Å². The molecule has 0 radical (unpaired) electrons. The van der Waals surface area contributed by atoms with Crippen molar-refractivity contribution in [3.63, 3.8) is 0 Å². The molecular weight excluding hydrogens is 378 g/mol. The fraction of sp³-hybridized carbons (Fsp3) is 0. The fourth-order valence-electron chi connectivity index (χ4n) is 2.27. The van der Waals surface area contributed by atoms with E-state index in [0.717, 1.165) is 10.8 Å². The van der Waals surface area contributed by atoms with Gasteiger partial charge in [0.25, 0.3) is 0 Å². The number of rotatable bonds is 3. The van der Waals surface area contributed by atoms with Gasteiger partial charge >= 0.3 is 5.76 Å². The lowest BCUT2D eigenvalue weighted by molar-refractivity contribution is 0.504. The van der Waals surface area contributed by atoms with Gasteiger partial charge < -0.3 is 4.42 Å². The van der Waals surface area contributed by atoms with Crippen molar-refractivity contribution < 1.29 is 21.6 Å². The summed E-state index contributed by atoms with van der Waals surface area (Å²) in [5, 5.41) is 5.25. The van der Waals surface area contributed by atoms with E-state index in [-0.39, 0.29) is 11.3 Å². The van der Waals surface area contributed by atoms with E-state index in [1.807, 2.05) is 0 Å². The first-order chi connectivity index (χ1) is 11.7. The average Bonchev–Trinajstić information content (AvgIpc) is 2.90. The number of hydrogen-bond acceptors (Lipinski definition) is 4. The molecule has 0 atom stereocenters. The highest BCUT2D eigenvalue weighted by molar-refractivity contribution is 7.89. The van der Waals surface area contributed by atoms with Gasteiger partial charge in [-0.05, 0) is 36.4 Å². The fourth-order valence-corrected chi connectivity index (χ4v) is 3.00. The Morgan fingerprint density at radius 1 is 1.08 bits per heavy atom. The number of sulfonamides is 1. The lowest BCUT2D eigenvalue weighted by atomic mass is 10.1. The van der Waals surface area contributed by atoms with Crippen LogP contribution in [0.25, 0.3) is 16.9 Å². The molecule has 3 aromatic rings. The number of nitrogens with two attached hydrogens (primary N) is 1. The maximum atomic E-state index is 14.4. The minimum Gasteiger partial charge on any atom is -0.415 e. The molecule has 6 nitrogen and oxygen atoms in total. The van der Waals surface area contributed by atoms with Crippen LogP contribution < -0.4 is 10.9 Å². The minimum absolute atomic E-state index is 0.107. The number of benzene rings is 2. The smallest absolute Gasteiger partial charge is 0.415 e. The van der Waals surface area contributed by atoms with Gasteiger partial charge in [0.05, 0.1) is 11.4 Å². The second-order valence-corrected chi connectivity index (χ2v) is 6.97. The molecule has 2 N–H and O–H groups in total. The van der Waals surface area contributed by atoms with Crippen LogP contribution >= 0.6 is 11.6 Å². The number of hydrogen-bond donors (Lipinski definition) is 1. The molecular formula is C15H9ClF2N2O4S. The van der Waals surface area contributed by atoms with E-state index < -0.39 is 32.3 Å². The van der Waals surface area contributed by atoms with Gasteiger partial charge in [0.2, 0.25) is 10.0 Å². The van der Waals surface area contributed by atoms with E-state index in [4.69, 9.17) is 21.2 Å². The minimum atomic E-state index is -4.44. The van der Waals surface area contributed by atoms with E-state index in [1.54, 1.807) is 0 Å². The zero-order valence-electron chi connectivity index (χ0n) is 12.2. The molecule has 0 unspecified atom stereocenters. The number of aromatic nitrogens is 1. The zero-order valence-corrected chi connectivity index (χ0v) is 13.8. The first kappa shape index (κ1) is 17.3. The van der Waals surface area contributed by atoms with Gasteiger partial charge in [-0.25, -0.2) is 31.7 Å². The number of primary sulfonamides is 1. The highest BCUT2D eigenvalue weighted by atomic mass is 35.5. The molecule has 10 heteroatoms. The van der Waals surface area contributed by atoms with Gasteiger partial charge in [0.15, 0.2) is 0 Å². The third kappa shape index (κ3) is 3.21. The Hall–Kier alpha value is -2.49. The Kier molecular flexibility index (Phi) is 4.23. The normalized spacial score (nSPS) is 11.7. The summed E-state index contributed by atoms with van der Waals surface area (Å²) >= 11 is 5.79. The van der Waals surface area contributed by atoms with Crippen molar-refractivity contribution in [3.05, 3.63) is 69.9 Å². The quantitative estimate of drug-likeness (QED) is 0.748. The van der Waals surface area contributed by atoms with Crippen molar-refractivity contribution in [2.24, 2.45) is 5.14 Å². The summed E-state index contributed by atoms with van der Waals surface area (Å²) < 4.78 is 56.7. The second-order valence-electron chi connectivity index (χ2n) is 5.01. The summed E-state index contributed by atoms with van der Waals surface area (Å²) in [5.74, 6) is -3.18. The molecule has 1 aromatic heterocycles. The van der Waals surface area contributed by atoms with Crippen LogP contribution in [0.4, 0.5) is 8.78 Å². The molecule has 3 rings (SSSR count).